The van der Waals surface area contributed by atoms with E-state index in [-0.39, 0.29) is 39.0 Å². The molecule has 0 aromatic heterocycles. The summed E-state index contributed by atoms with van der Waals surface area (Å²) >= 11 is 0. The number of carbonyl (C=O) groups excluding carboxylic acids is 1. The van der Waals surface area contributed by atoms with Crippen molar-refractivity contribution in [2.75, 3.05) is 85.3 Å². The number of aliphatic hydroxyl groups is 1. The first kappa shape index (κ1) is 33.4. The van der Waals surface area contributed by atoms with Crippen LogP contribution in [0.4, 0.5) is 4.79 Å². The molecule has 0 aromatic carbocycles. The molecule has 1 aliphatic heterocycles. The SMILES string of the molecule is O=C(O)CN1CCN(CO[PH](=O)O)CCN(CC(=O)O)CCN(CC(O)CNC(=O)OC2CCCCC2)CC1. The van der Waals surface area contributed by atoms with Crippen LogP contribution in [0.3, 0.4) is 0 Å². The molecule has 0 bridgehead atoms. The summed E-state index contributed by atoms with van der Waals surface area (Å²) in [6.45, 7) is 2.53. The van der Waals surface area contributed by atoms with E-state index in [1.165, 1.54) is 0 Å². The Bertz CT molecular complexity index is 756. The van der Waals surface area contributed by atoms with Crippen LogP contribution < -0.4 is 5.32 Å². The number of β-amino-alcohol motifs (C(OH)–C–C–N with tert-alkyl or cyclic N) is 1. The van der Waals surface area contributed by atoms with Crippen molar-refractivity contribution in [2.45, 2.75) is 44.3 Å². The van der Waals surface area contributed by atoms with Crippen molar-refractivity contribution in [2.24, 2.45) is 0 Å². The molecule has 1 heterocycles. The van der Waals surface area contributed by atoms with E-state index in [1.54, 1.807) is 14.7 Å². The number of aliphatic hydroxyl groups excluding tert-OH is 1. The first-order valence-electron chi connectivity index (χ1n) is 13.4. The zero-order valence-corrected chi connectivity index (χ0v) is 23.4. The molecular weight excluding hydrogens is 537 g/mol. The Hall–Kier alpha value is -1.84. The molecule has 0 aromatic rings. The van der Waals surface area contributed by atoms with Gasteiger partial charge < -0.3 is 30.3 Å². The summed E-state index contributed by atoms with van der Waals surface area (Å²) in [7, 11) is -3.15. The van der Waals surface area contributed by atoms with E-state index in [0.29, 0.717) is 52.4 Å². The molecule has 0 radical (unpaired) electrons. The zero-order valence-electron chi connectivity index (χ0n) is 22.4. The molecule has 226 valence electrons. The molecule has 39 heavy (non-hydrogen) atoms. The van der Waals surface area contributed by atoms with E-state index in [2.05, 4.69) is 5.32 Å². The summed E-state index contributed by atoms with van der Waals surface area (Å²) in [5, 5.41) is 31.9. The first-order chi connectivity index (χ1) is 18.6. The van der Waals surface area contributed by atoms with Gasteiger partial charge in [-0.2, -0.15) is 0 Å². The Balaban J connectivity index is 1.98. The molecule has 15 nitrogen and oxygen atoms in total. The highest BCUT2D eigenvalue weighted by Gasteiger charge is 2.22. The van der Waals surface area contributed by atoms with Crippen LogP contribution in [-0.4, -0.2) is 155 Å². The fraction of sp³-hybridized carbons (Fsp3) is 0.870. The zero-order chi connectivity index (χ0) is 28.6. The summed E-state index contributed by atoms with van der Waals surface area (Å²) in [4.78, 5) is 51.1. The number of carboxylic acids is 2. The smallest absolute Gasteiger partial charge is 0.407 e. The number of rotatable bonds is 12. The minimum absolute atomic E-state index is 0.0112. The number of aliphatic carboxylic acids is 2. The maximum Gasteiger partial charge on any atom is 0.407 e. The molecule has 1 amide bonds. The van der Waals surface area contributed by atoms with Gasteiger partial charge in [-0.05, 0) is 25.7 Å². The molecule has 2 fully saturated rings. The van der Waals surface area contributed by atoms with Crippen molar-refractivity contribution in [1.82, 2.24) is 24.9 Å². The molecule has 5 N–H and O–H groups in total. The first-order valence-corrected chi connectivity index (χ1v) is 14.7. The second-order valence-corrected chi connectivity index (χ2v) is 10.8. The highest BCUT2D eigenvalue weighted by Crippen LogP contribution is 2.20. The number of alkyl carbamates (subject to hydrolysis) is 1. The molecule has 0 spiro atoms. The van der Waals surface area contributed by atoms with Crippen LogP contribution in [0.1, 0.15) is 32.1 Å². The number of nitrogens with zero attached hydrogens (tertiary/aromatic N) is 4. The highest BCUT2D eigenvalue weighted by atomic mass is 31.1. The fourth-order valence-corrected chi connectivity index (χ4v) is 4.97. The van der Waals surface area contributed by atoms with Crippen molar-refractivity contribution in [3.63, 3.8) is 0 Å². The lowest BCUT2D eigenvalue weighted by Gasteiger charge is -2.34. The molecule has 2 aliphatic rings. The van der Waals surface area contributed by atoms with Crippen LogP contribution in [0.15, 0.2) is 0 Å². The van der Waals surface area contributed by atoms with Gasteiger partial charge in [-0.25, -0.2) is 4.79 Å². The number of amides is 1. The van der Waals surface area contributed by atoms with Gasteiger partial charge in [0.05, 0.1) is 19.2 Å². The Morgan fingerprint density at radius 2 is 1.31 bits per heavy atom. The Labute approximate surface area is 229 Å². The third-order valence-corrected chi connectivity index (χ3v) is 7.17. The topological polar surface area (TPSA) is 193 Å². The van der Waals surface area contributed by atoms with Crippen molar-refractivity contribution >= 4 is 26.3 Å². The lowest BCUT2D eigenvalue weighted by atomic mass is 9.98. The van der Waals surface area contributed by atoms with Crippen LogP contribution in [0.5, 0.6) is 0 Å². The highest BCUT2D eigenvalue weighted by molar-refractivity contribution is 7.32. The summed E-state index contributed by atoms with van der Waals surface area (Å²) in [5.41, 5.74) is 0. The summed E-state index contributed by atoms with van der Waals surface area (Å²) in [5.74, 6) is -1.99. The molecular formula is C23H44N5O10P. The van der Waals surface area contributed by atoms with Crippen molar-refractivity contribution in [3.8, 4) is 0 Å². The van der Waals surface area contributed by atoms with Gasteiger partial charge in [0.15, 0.2) is 0 Å². The third kappa shape index (κ3) is 15.5. The fourth-order valence-electron chi connectivity index (χ4n) is 4.68. The normalized spacial score (nSPS) is 21.8. The molecule has 16 heteroatoms. The van der Waals surface area contributed by atoms with Crippen molar-refractivity contribution in [1.29, 1.82) is 0 Å². The number of hydrogen-bond acceptors (Lipinski definition) is 11. The molecule has 2 atom stereocenters. The quantitative estimate of drug-likeness (QED) is 0.179. The van der Waals surface area contributed by atoms with Crippen LogP contribution in [0, 0.1) is 0 Å². The largest absolute Gasteiger partial charge is 0.480 e. The van der Waals surface area contributed by atoms with E-state index in [4.69, 9.17) is 14.2 Å². The van der Waals surface area contributed by atoms with Gasteiger partial charge >= 0.3 is 26.3 Å². The maximum atomic E-state index is 12.1. The van der Waals surface area contributed by atoms with Crippen LogP contribution in [-0.2, 0) is 23.4 Å². The Morgan fingerprint density at radius 1 is 0.821 bits per heavy atom. The van der Waals surface area contributed by atoms with E-state index in [9.17, 15) is 34.3 Å². The van der Waals surface area contributed by atoms with Gasteiger partial charge in [0, 0.05) is 65.4 Å². The molecule has 2 rings (SSSR count). The number of hydrogen-bond donors (Lipinski definition) is 5. The van der Waals surface area contributed by atoms with Crippen LogP contribution in [0.2, 0.25) is 0 Å². The van der Waals surface area contributed by atoms with Gasteiger partial charge in [0.1, 0.15) is 12.8 Å². The lowest BCUT2D eigenvalue weighted by molar-refractivity contribution is -0.139. The second-order valence-electron chi connectivity index (χ2n) is 10.00. The van der Waals surface area contributed by atoms with E-state index >= 15 is 0 Å². The van der Waals surface area contributed by atoms with Crippen molar-refractivity contribution < 1.29 is 48.4 Å². The third-order valence-electron chi connectivity index (χ3n) is 6.80. The Morgan fingerprint density at radius 3 is 1.79 bits per heavy atom. The standard InChI is InChI=1S/C23H44N5O10P/c29-19(14-24-23(34)38-20-4-2-1-3-5-20)15-25-6-8-26(16-21(30)31)10-12-28(18-37-39(35)36)13-11-27(9-7-25)17-22(32)33/h19-20,29,39H,1-18H2,(H,24,34)(H,30,31)(H,32,33)(H,35,36). The minimum atomic E-state index is -3.15. The average Bonchev–Trinajstić information content (AvgIpc) is 2.86. The lowest BCUT2D eigenvalue weighted by Crippen LogP contribution is -2.49. The van der Waals surface area contributed by atoms with Gasteiger partial charge in [0.2, 0.25) is 0 Å². The molecule has 1 saturated carbocycles. The number of carbonyl (C=O) groups is 3. The van der Waals surface area contributed by atoms with Crippen LogP contribution in [0.25, 0.3) is 0 Å². The van der Waals surface area contributed by atoms with Crippen molar-refractivity contribution in [3.05, 3.63) is 0 Å². The summed E-state index contributed by atoms with van der Waals surface area (Å²) < 4.78 is 21.3. The minimum Gasteiger partial charge on any atom is -0.480 e. The van der Waals surface area contributed by atoms with Crippen LogP contribution >= 0.6 is 8.25 Å². The van der Waals surface area contributed by atoms with Gasteiger partial charge in [-0.15, -0.1) is 0 Å². The van der Waals surface area contributed by atoms with E-state index in [1.807, 2.05) is 4.90 Å². The summed E-state index contributed by atoms with van der Waals surface area (Å²) in [6.07, 6.45) is 3.32. The monoisotopic (exact) mass is 581 g/mol. The maximum absolute atomic E-state index is 12.1. The number of carboxylic acid groups (broad SMARTS) is 2. The Kier molecular flexibility index (Phi) is 15.8. The number of nitrogens with one attached hydrogen (secondary N) is 1. The van der Waals surface area contributed by atoms with Gasteiger partial charge in [-0.1, -0.05) is 6.42 Å². The molecule has 1 saturated heterocycles. The average molecular weight is 582 g/mol. The molecule has 1 aliphatic carbocycles. The predicted molar refractivity (Wildman–Crippen MR) is 141 cm³/mol. The summed E-state index contributed by atoms with van der Waals surface area (Å²) in [6, 6.07) is 0. The van der Waals surface area contributed by atoms with E-state index in [0.717, 1.165) is 32.1 Å². The van der Waals surface area contributed by atoms with Gasteiger partial charge in [-0.3, -0.25) is 38.3 Å². The van der Waals surface area contributed by atoms with E-state index < -0.39 is 32.4 Å². The second kappa shape index (κ2) is 18.5. The van der Waals surface area contributed by atoms with Gasteiger partial charge in [0.25, 0.3) is 0 Å². The number of ether oxygens (including phenoxy) is 1. The predicted octanol–water partition coefficient (Wildman–Crippen LogP) is -0.847. The molecule has 2 unspecified atom stereocenters.